The van der Waals surface area contributed by atoms with E-state index in [0.29, 0.717) is 17.5 Å². The Morgan fingerprint density at radius 3 is 1.70 bits per heavy atom. The van der Waals surface area contributed by atoms with Crippen LogP contribution in [0.15, 0.2) is 205 Å². The van der Waals surface area contributed by atoms with Gasteiger partial charge in [0.05, 0.1) is 33.1 Å². The van der Waals surface area contributed by atoms with Gasteiger partial charge in [-0.05, 0) is 71.4 Å². The summed E-state index contributed by atoms with van der Waals surface area (Å²) in [5.74, 6) is 1.76. The first-order valence-corrected chi connectivity index (χ1v) is 20.5. The summed E-state index contributed by atoms with van der Waals surface area (Å²) in [6.07, 6.45) is 0. The molecule has 6 heteroatoms. The van der Waals surface area contributed by atoms with E-state index in [2.05, 4.69) is 179 Å². The summed E-state index contributed by atoms with van der Waals surface area (Å²) in [4.78, 5) is 16.0. The summed E-state index contributed by atoms with van der Waals surface area (Å²) < 4.78 is 11.3. The van der Waals surface area contributed by atoms with E-state index in [4.69, 9.17) is 19.4 Å². The molecule has 0 aliphatic heterocycles. The maximum Gasteiger partial charge on any atom is 0.166 e. The van der Waals surface area contributed by atoms with Crippen molar-refractivity contribution in [1.82, 2.24) is 24.1 Å². The summed E-state index contributed by atoms with van der Waals surface area (Å²) >= 11 is 0. The number of furan rings is 1. The minimum atomic E-state index is 0.571. The molecule has 0 aliphatic carbocycles. The van der Waals surface area contributed by atoms with Gasteiger partial charge in [-0.25, -0.2) is 15.0 Å². The molecule has 0 amide bonds. The predicted octanol–water partition coefficient (Wildman–Crippen LogP) is 14.1. The normalized spacial score (nSPS) is 11.9. The summed E-state index contributed by atoms with van der Waals surface area (Å²) in [5.41, 5.74) is 10.8. The van der Waals surface area contributed by atoms with Crippen LogP contribution in [0.5, 0.6) is 0 Å². The molecular formula is C55H33N5O. The molecule has 9 aromatic carbocycles. The number of rotatable bonds is 5. The minimum absolute atomic E-state index is 0.571. The van der Waals surface area contributed by atoms with Crippen LogP contribution in [0.3, 0.4) is 0 Å². The lowest BCUT2D eigenvalue weighted by Gasteiger charge is -2.16. The summed E-state index contributed by atoms with van der Waals surface area (Å²) in [7, 11) is 0. The van der Waals surface area contributed by atoms with Crippen molar-refractivity contribution in [2.45, 2.75) is 0 Å². The zero-order valence-electron chi connectivity index (χ0n) is 32.7. The summed E-state index contributed by atoms with van der Waals surface area (Å²) in [6.45, 7) is 0. The lowest BCUT2D eigenvalue weighted by Crippen LogP contribution is -2.04. The van der Waals surface area contributed by atoms with Gasteiger partial charge < -0.3 is 13.6 Å². The molecule has 0 spiro atoms. The van der Waals surface area contributed by atoms with Crippen molar-refractivity contribution >= 4 is 76.3 Å². The Morgan fingerprint density at radius 1 is 0.344 bits per heavy atom. The van der Waals surface area contributed by atoms with E-state index in [1.54, 1.807) is 0 Å². The second kappa shape index (κ2) is 13.1. The van der Waals surface area contributed by atoms with Crippen LogP contribution >= 0.6 is 0 Å². The molecule has 0 unspecified atom stereocenters. The Morgan fingerprint density at radius 2 is 0.918 bits per heavy atom. The van der Waals surface area contributed by atoms with Gasteiger partial charge in [0, 0.05) is 49.3 Å². The quantitative estimate of drug-likeness (QED) is 0.175. The van der Waals surface area contributed by atoms with Gasteiger partial charge in [-0.3, -0.25) is 0 Å². The highest BCUT2D eigenvalue weighted by atomic mass is 16.3. The van der Waals surface area contributed by atoms with Crippen molar-refractivity contribution in [2.24, 2.45) is 0 Å². The monoisotopic (exact) mass is 779 g/mol. The third kappa shape index (κ3) is 5.12. The molecule has 13 rings (SSSR count). The van der Waals surface area contributed by atoms with Crippen LogP contribution in [0.2, 0.25) is 0 Å². The van der Waals surface area contributed by atoms with Gasteiger partial charge in [0.2, 0.25) is 0 Å². The summed E-state index contributed by atoms with van der Waals surface area (Å²) in [6, 6.07) is 70.2. The number of fused-ring (bicyclic) bond motifs is 10. The van der Waals surface area contributed by atoms with Crippen LogP contribution < -0.4 is 0 Å². The van der Waals surface area contributed by atoms with Gasteiger partial charge in [-0.15, -0.1) is 0 Å². The smallest absolute Gasteiger partial charge is 0.166 e. The topological polar surface area (TPSA) is 61.7 Å². The third-order valence-electron chi connectivity index (χ3n) is 12.1. The zero-order valence-corrected chi connectivity index (χ0v) is 32.7. The SMILES string of the molecule is c1ccc(-c2nc(-c3ccc4c5ccccc5n(-c5ccccc5)c4c3)nc(-c3ccc4oc5ccccc5c4c3-n3c4ccccc4c4cc5ccccc5cc43)n2)cc1. The van der Waals surface area contributed by atoms with E-state index in [1.165, 1.54) is 32.3 Å². The van der Waals surface area contributed by atoms with E-state index in [0.717, 1.165) is 72.1 Å². The van der Waals surface area contributed by atoms with Crippen molar-refractivity contribution in [1.29, 1.82) is 0 Å². The Kier molecular flexibility index (Phi) is 7.21. The first-order valence-electron chi connectivity index (χ1n) is 20.5. The van der Waals surface area contributed by atoms with Gasteiger partial charge in [0.25, 0.3) is 0 Å². The van der Waals surface area contributed by atoms with Crippen LogP contribution in [-0.2, 0) is 0 Å². The van der Waals surface area contributed by atoms with Crippen LogP contribution in [0, 0.1) is 0 Å². The van der Waals surface area contributed by atoms with Gasteiger partial charge in [-0.1, -0.05) is 140 Å². The largest absolute Gasteiger partial charge is 0.456 e. The number of nitrogens with zero attached hydrogens (tertiary/aromatic N) is 5. The average Bonchev–Trinajstić information content (AvgIpc) is 3.98. The number of hydrogen-bond acceptors (Lipinski definition) is 4. The molecule has 4 aromatic heterocycles. The van der Waals surface area contributed by atoms with Crippen molar-refractivity contribution in [2.75, 3.05) is 0 Å². The maximum atomic E-state index is 6.61. The lowest BCUT2D eigenvalue weighted by atomic mass is 10.0. The molecule has 13 aromatic rings. The average molecular weight is 780 g/mol. The zero-order chi connectivity index (χ0) is 40.0. The van der Waals surface area contributed by atoms with E-state index in [9.17, 15) is 0 Å². The number of benzene rings is 9. The minimum Gasteiger partial charge on any atom is -0.456 e. The lowest BCUT2D eigenvalue weighted by molar-refractivity contribution is 0.669. The Balaban J connectivity index is 1.14. The Hall–Kier alpha value is -8.35. The molecule has 61 heavy (non-hydrogen) atoms. The molecule has 0 fully saturated rings. The van der Waals surface area contributed by atoms with Crippen LogP contribution in [0.1, 0.15) is 0 Å². The van der Waals surface area contributed by atoms with Gasteiger partial charge in [0.1, 0.15) is 11.2 Å². The number of hydrogen-bond donors (Lipinski definition) is 0. The predicted molar refractivity (Wildman–Crippen MR) is 250 cm³/mol. The highest BCUT2D eigenvalue weighted by Crippen LogP contribution is 2.44. The van der Waals surface area contributed by atoms with Crippen LogP contribution in [0.4, 0.5) is 0 Å². The number of aromatic nitrogens is 5. The fourth-order valence-electron chi connectivity index (χ4n) is 9.41. The molecule has 6 nitrogen and oxygen atoms in total. The molecule has 0 saturated carbocycles. The van der Waals surface area contributed by atoms with Crippen molar-refractivity contribution in [3.05, 3.63) is 200 Å². The molecule has 0 atom stereocenters. The van der Waals surface area contributed by atoms with Gasteiger partial charge >= 0.3 is 0 Å². The van der Waals surface area contributed by atoms with Gasteiger partial charge in [-0.2, -0.15) is 0 Å². The molecule has 0 N–H and O–H groups in total. The molecule has 4 heterocycles. The van der Waals surface area contributed by atoms with Crippen LogP contribution in [-0.4, -0.2) is 24.1 Å². The van der Waals surface area contributed by atoms with Crippen LogP contribution in [0.25, 0.3) is 122 Å². The fraction of sp³-hybridized carbons (Fsp3) is 0. The molecule has 0 radical (unpaired) electrons. The standard InChI is InChI=1S/C55H33N5O/c1-3-15-34(16-4-1)53-56-54(37-27-28-41-39-21-9-12-24-45(39)59(47(41)33-37)38-19-5-2-6-20-38)58-55(57-53)43-29-30-50-51(42-23-11-14-26-49(42)61-50)52(43)60-46-25-13-10-22-40(46)44-31-35-17-7-8-18-36(35)32-48(44)60/h1-33H. The highest BCUT2D eigenvalue weighted by molar-refractivity contribution is 6.18. The van der Waals surface area contributed by atoms with Crippen molar-refractivity contribution in [3.63, 3.8) is 0 Å². The first-order chi connectivity index (χ1) is 30.2. The molecule has 0 aliphatic rings. The summed E-state index contributed by atoms with van der Waals surface area (Å²) in [5, 5.41) is 9.09. The Bertz CT molecular complexity index is 3880. The Labute approximate surface area is 349 Å². The number of para-hydroxylation sites is 4. The van der Waals surface area contributed by atoms with E-state index in [1.807, 2.05) is 30.3 Å². The van der Waals surface area contributed by atoms with E-state index < -0.39 is 0 Å². The molecule has 0 bridgehead atoms. The van der Waals surface area contributed by atoms with E-state index >= 15 is 0 Å². The van der Waals surface area contributed by atoms with Crippen molar-refractivity contribution in [3.8, 4) is 45.5 Å². The fourth-order valence-corrected chi connectivity index (χ4v) is 9.41. The van der Waals surface area contributed by atoms with E-state index in [-0.39, 0.29) is 0 Å². The first kappa shape index (κ1) is 33.6. The maximum absolute atomic E-state index is 6.61. The second-order valence-electron chi connectivity index (χ2n) is 15.6. The second-order valence-corrected chi connectivity index (χ2v) is 15.6. The molecular weight excluding hydrogens is 747 g/mol. The highest BCUT2D eigenvalue weighted by Gasteiger charge is 2.25. The van der Waals surface area contributed by atoms with Gasteiger partial charge in [0.15, 0.2) is 17.5 Å². The molecule has 284 valence electrons. The third-order valence-corrected chi connectivity index (χ3v) is 12.1. The molecule has 0 saturated heterocycles. The van der Waals surface area contributed by atoms with Crippen molar-refractivity contribution < 1.29 is 4.42 Å².